The quantitative estimate of drug-likeness (QED) is 0.743. The van der Waals surface area contributed by atoms with Gasteiger partial charge in [-0.2, -0.15) is 0 Å². The first-order valence-electron chi connectivity index (χ1n) is 5.84. The van der Waals surface area contributed by atoms with Crippen LogP contribution in [0, 0.1) is 0 Å². The smallest absolute Gasteiger partial charge is 0.137 e. The second-order valence-electron chi connectivity index (χ2n) is 4.06. The number of anilines is 1. The van der Waals surface area contributed by atoms with E-state index in [1.54, 1.807) is 30.1 Å². The van der Waals surface area contributed by atoms with Crippen LogP contribution in [-0.2, 0) is 6.54 Å². The molecule has 0 aliphatic carbocycles. The summed E-state index contributed by atoms with van der Waals surface area (Å²) < 4.78 is 3.57. The Labute approximate surface area is 133 Å². The van der Waals surface area contributed by atoms with Crippen LogP contribution in [0.25, 0.3) is 5.82 Å². The van der Waals surface area contributed by atoms with E-state index in [-0.39, 0.29) is 0 Å². The molecule has 3 aromatic heterocycles. The lowest BCUT2D eigenvalue weighted by Crippen LogP contribution is -1.99. The molecule has 0 aromatic carbocycles. The van der Waals surface area contributed by atoms with Crippen molar-refractivity contribution >= 4 is 44.6 Å². The summed E-state index contributed by atoms with van der Waals surface area (Å²) in [5.74, 6) is 0.843. The Hall–Kier alpha value is -1.37. The molecule has 0 fully saturated rings. The van der Waals surface area contributed by atoms with Gasteiger partial charge in [0.1, 0.15) is 16.5 Å². The van der Waals surface area contributed by atoms with Gasteiger partial charge in [0.25, 0.3) is 0 Å². The molecule has 0 bridgehead atoms. The second-order valence-corrected chi connectivity index (χ2v) is 6.66. The monoisotopic (exact) mass is 368 g/mol. The summed E-state index contributed by atoms with van der Waals surface area (Å²) in [5.41, 5.74) is 0.967. The number of rotatable bonds is 4. The molecule has 20 heavy (non-hydrogen) atoms. The molecule has 1 N–H and O–H groups in total. The van der Waals surface area contributed by atoms with E-state index in [0.29, 0.717) is 0 Å². The number of nitrogens with one attached hydrogen (secondary N) is 1. The topological polar surface area (TPSA) is 42.7 Å². The van der Waals surface area contributed by atoms with Crippen LogP contribution in [0.3, 0.4) is 0 Å². The zero-order valence-corrected chi connectivity index (χ0v) is 13.4. The van der Waals surface area contributed by atoms with Crippen LogP contribution in [0.4, 0.5) is 5.69 Å². The van der Waals surface area contributed by atoms with Crippen LogP contribution < -0.4 is 5.32 Å². The van der Waals surface area contributed by atoms with Crippen LogP contribution in [0.2, 0.25) is 4.34 Å². The number of thiophene rings is 1. The van der Waals surface area contributed by atoms with Crippen molar-refractivity contribution in [3.63, 3.8) is 0 Å². The fourth-order valence-corrected chi connectivity index (χ4v) is 3.44. The molecule has 0 aliphatic rings. The zero-order chi connectivity index (χ0) is 13.9. The predicted octanol–water partition coefficient (Wildman–Crippen LogP) is 4.36. The minimum atomic E-state index is 0.724. The maximum Gasteiger partial charge on any atom is 0.137 e. The lowest BCUT2D eigenvalue weighted by molar-refractivity contribution is 0.991. The summed E-state index contributed by atoms with van der Waals surface area (Å²) in [7, 11) is 0. The van der Waals surface area contributed by atoms with Crippen LogP contribution in [0.1, 0.15) is 4.88 Å². The molecule has 0 aliphatic heterocycles. The van der Waals surface area contributed by atoms with Crippen LogP contribution >= 0.6 is 38.9 Å². The first-order chi connectivity index (χ1) is 9.72. The Balaban J connectivity index is 1.66. The average Bonchev–Trinajstić information content (AvgIpc) is 3.08. The van der Waals surface area contributed by atoms with Crippen molar-refractivity contribution in [2.24, 2.45) is 0 Å². The first-order valence-corrected chi connectivity index (χ1v) is 7.83. The van der Waals surface area contributed by atoms with Gasteiger partial charge >= 0.3 is 0 Å². The highest BCUT2D eigenvalue weighted by Gasteiger charge is 2.04. The van der Waals surface area contributed by atoms with E-state index in [4.69, 9.17) is 11.6 Å². The highest BCUT2D eigenvalue weighted by atomic mass is 79.9. The van der Waals surface area contributed by atoms with Gasteiger partial charge in [-0.3, -0.25) is 4.57 Å². The first kappa shape index (κ1) is 13.6. The third-order valence-corrected chi connectivity index (χ3v) is 5.15. The van der Waals surface area contributed by atoms with Crippen molar-refractivity contribution in [1.82, 2.24) is 14.5 Å². The van der Waals surface area contributed by atoms with Gasteiger partial charge in [0, 0.05) is 28.3 Å². The van der Waals surface area contributed by atoms with Crippen molar-refractivity contribution in [1.29, 1.82) is 0 Å². The summed E-state index contributed by atoms with van der Waals surface area (Å²) in [5, 5.41) is 3.32. The number of hydrogen-bond donors (Lipinski definition) is 1. The number of pyridine rings is 1. The van der Waals surface area contributed by atoms with E-state index in [9.17, 15) is 0 Å². The van der Waals surface area contributed by atoms with E-state index >= 15 is 0 Å². The van der Waals surface area contributed by atoms with E-state index in [1.807, 2.05) is 29.0 Å². The van der Waals surface area contributed by atoms with Gasteiger partial charge in [0.05, 0.1) is 11.9 Å². The van der Waals surface area contributed by atoms with Gasteiger partial charge in [-0.05, 0) is 34.1 Å². The maximum atomic E-state index is 6.01. The fourth-order valence-electron chi connectivity index (χ4n) is 1.71. The molecule has 4 nitrogen and oxygen atoms in total. The lowest BCUT2D eigenvalue weighted by Gasteiger charge is -2.06. The molecule has 0 atom stereocenters. The van der Waals surface area contributed by atoms with Crippen molar-refractivity contribution in [3.8, 4) is 5.82 Å². The fraction of sp³-hybridized carbons (Fsp3) is 0.0769. The van der Waals surface area contributed by atoms with Crippen molar-refractivity contribution in [2.75, 3.05) is 5.32 Å². The number of hydrogen-bond acceptors (Lipinski definition) is 4. The molecule has 3 rings (SSSR count). The van der Waals surface area contributed by atoms with E-state index in [2.05, 4.69) is 31.2 Å². The molecule has 0 radical (unpaired) electrons. The van der Waals surface area contributed by atoms with Gasteiger partial charge in [-0.25, -0.2) is 9.97 Å². The Bertz CT molecular complexity index is 674. The third kappa shape index (κ3) is 3.03. The summed E-state index contributed by atoms with van der Waals surface area (Å²) in [4.78, 5) is 9.55. The Morgan fingerprint density at radius 1 is 1.40 bits per heavy atom. The normalized spacial score (nSPS) is 10.7. The molecular weight excluding hydrogens is 360 g/mol. The lowest BCUT2D eigenvalue weighted by atomic mass is 10.4. The Morgan fingerprint density at radius 2 is 2.30 bits per heavy atom. The second kappa shape index (κ2) is 5.95. The summed E-state index contributed by atoms with van der Waals surface area (Å²) in [6.07, 6.45) is 7.12. The van der Waals surface area contributed by atoms with E-state index in [0.717, 1.165) is 26.9 Å². The van der Waals surface area contributed by atoms with Crippen molar-refractivity contribution < 1.29 is 0 Å². The highest BCUT2D eigenvalue weighted by Crippen LogP contribution is 2.32. The zero-order valence-electron chi connectivity index (χ0n) is 10.3. The number of imidazole rings is 1. The number of nitrogens with zero attached hydrogens (tertiary/aromatic N) is 3. The maximum absolute atomic E-state index is 6.01. The molecular formula is C13H10BrClN4S. The third-order valence-electron chi connectivity index (χ3n) is 2.68. The van der Waals surface area contributed by atoms with E-state index < -0.39 is 0 Å². The van der Waals surface area contributed by atoms with Gasteiger partial charge in [0.2, 0.25) is 0 Å². The van der Waals surface area contributed by atoms with Crippen molar-refractivity contribution in [3.05, 3.63) is 56.8 Å². The molecule has 0 unspecified atom stereocenters. The molecule has 0 amide bonds. The standard InChI is InChI=1S/C13H10BrClN4S/c14-11-5-10(20-13(11)15)7-17-9-1-2-12(18-6-9)19-4-3-16-8-19/h1-6,8,17H,7H2. The SMILES string of the molecule is Clc1sc(CNc2ccc(-n3ccnc3)nc2)cc1Br. The number of halogens is 2. The molecule has 0 spiro atoms. The molecule has 0 saturated heterocycles. The highest BCUT2D eigenvalue weighted by molar-refractivity contribution is 9.10. The van der Waals surface area contributed by atoms with Gasteiger partial charge in [-0.15, -0.1) is 11.3 Å². The van der Waals surface area contributed by atoms with Crippen LogP contribution in [-0.4, -0.2) is 14.5 Å². The van der Waals surface area contributed by atoms with Crippen molar-refractivity contribution in [2.45, 2.75) is 6.54 Å². The van der Waals surface area contributed by atoms with E-state index in [1.165, 1.54) is 4.88 Å². The largest absolute Gasteiger partial charge is 0.379 e. The van der Waals surface area contributed by atoms with Gasteiger partial charge in [-0.1, -0.05) is 11.6 Å². The Morgan fingerprint density at radius 3 is 2.90 bits per heavy atom. The summed E-state index contributed by atoms with van der Waals surface area (Å²) >= 11 is 11.0. The molecule has 3 aromatic rings. The summed E-state index contributed by atoms with van der Waals surface area (Å²) in [6, 6.07) is 5.96. The number of aromatic nitrogens is 3. The minimum absolute atomic E-state index is 0.724. The molecule has 0 saturated carbocycles. The predicted molar refractivity (Wildman–Crippen MR) is 85.7 cm³/mol. The molecule has 3 heterocycles. The summed E-state index contributed by atoms with van der Waals surface area (Å²) in [6.45, 7) is 0.724. The van der Waals surface area contributed by atoms with Gasteiger partial charge in [0.15, 0.2) is 0 Å². The van der Waals surface area contributed by atoms with Crippen LogP contribution in [0.5, 0.6) is 0 Å². The van der Waals surface area contributed by atoms with Crippen LogP contribution in [0.15, 0.2) is 47.6 Å². The Kier molecular flexibility index (Phi) is 4.05. The molecule has 102 valence electrons. The minimum Gasteiger partial charge on any atom is -0.379 e. The molecule has 7 heteroatoms. The average molecular weight is 370 g/mol. The van der Waals surface area contributed by atoms with Gasteiger partial charge < -0.3 is 5.32 Å².